The zero-order valence-corrected chi connectivity index (χ0v) is 24.4. The van der Waals surface area contributed by atoms with Crippen LogP contribution in [0.15, 0.2) is 164 Å². The summed E-state index contributed by atoms with van der Waals surface area (Å²) in [5, 5.41) is 12.2. The normalized spacial score (nSPS) is 11.6. The van der Waals surface area contributed by atoms with Crippen molar-refractivity contribution >= 4 is 37.8 Å². The molecular weight excluding hydrogens is 546 g/mol. The van der Waals surface area contributed by atoms with Crippen molar-refractivity contribution in [3.63, 3.8) is 0 Å². The van der Waals surface area contributed by atoms with E-state index in [1.54, 1.807) is 0 Å². The van der Waals surface area contributed by atoms with Crippen LogP contribution < -0.4 is 0 Å². The Labute approximate surface area is 260 Å². The van der Waals surface area contributed by atoms with Crippen LogP contribution in [0.25, 0.3) is 82.7 Å². The highest BCUT2D eigenvalue weighted by Crippen LogP contribution is 2.34. The van der Waals surface area contributed by atoms with Gasteiger partial charge in [0, 0.05) is 28.3 Å². The molecule has 3 aromatic heterocycles. The highest BCUT2D eigenvalue weighted by atomic mass is 15.2. The SMILES string of the molecule is c1cc(-c2cc(-c3ccc4ccccc4c3)cc(-c3ccc4ccccc4c3)n2)cc(-c2cc3cc4ccccc4cn3n2)c1. The van der Waals surface area contributed by atoms with Gasteiger partial charge in [-0.2, -0.15) is 5.10 Å². The average molecular weight is 574 g/mol. The van der Waals surface area contributed by atoms with Crippen LogP contribution in [0.4, 0.5) is 0 Å². The molecule has 0 radical (unpaired) electrons. The van der Waals surface area contributed by atoms with Crippen molar-refractivity contribution in [2.45, 2.75) is 0 Å². The van der Waals surface area contributed by atoms with E-state index in [1.165, 1.54) is 37.9 Å². The summed E-state index contributed by atoms with van der Waals surface area (Å²) < 4.78 is 1.97. The van der Waals surface area contributed by atoms with Crippen LogP contribution in [0.3, 0.4) is 0 Å². The molecule has 0 saturated carbocycles. The van der Waals surface area contributed by atoms with Crippen molar-refractivity contribution in [1.29, 1.82) is 0 Å². The number of pyridine rings is 2. The summed E-state index contributed by atoms with van der Waals surface area (Å²) in [5.74, 6) is 0. The number of hydrogen-bond donors (Lipinski definition) is 0. The maximum Gasteiger partial charge on any atom is 0.0933 e. The standard InChI is InChI=1S/C42H27N3/c1-3-10-30-20-33(18-16-28(30)8-1)38-24-40(43-41(25-38)36-19-17-29-9-2-4-11-31(29)21-36)34-14-7-15-35(22-34)42-26-39-23-32-12-5-6-13-37(32)27-45(39)44-42/h1-27H. The van der Waals surface area contributed by atoms with Crippen molar-refractivity contribution in [2.24, 2.45) is 0 Å². The molecule has 3 heterocycles. The molecule has 0 unspecified atom stereocenters. The molecule has 9 rings (SSSR count). The third kappa shape index (κ3) is 4.62. The van der Waals surface area contributed by atoms with Crippen LogP contribution in [0.5, 0.6) is 0 Å². The fraction of sp³-hybridized carbons (Fsp3) is 0. The van der Waals surface area contributed by atoms with Crippen LogP contribution in [-0.2, 0) is 0 Å². The van der Waals surface area contributed by atoms with E-state index in [1.807, 2.05) is 4.52 Å². The summed E-state index contributed by atoms with van der Waals surface area (Å²) in [5.41, 5.74) is 9.41. The minimum atomic E-state index is 0.931. The molecule has 3 heteroatoms. The molecule has 0 spiro atoms. The predicted octanol–water partition coefficient (Wildman–Crippen LogP) is 10.9. The van der Waals surface area contributed by atoms with Crippen molar-refractivity contribution in [3.05, 3.63) is 164 Å². The largest absolute Gasteiger partial charge is 0.248 e. The lowest BCUT2D eigenvalue weighted by atomic mass is 9.96. The van der Waals surface area contributed by atoms with Crippen LogP contribution in [0.2, 0.25) is 0 Å². The second kappa shape index (κ2) is 10.3. The molecule has 210 valence electrons. The first-order valence-electron chi connectivity index (χ1n) is 15.2. The van der Waals surface area contributed by atoms with E-state index in [0.29, 0.717) is 0 Å². The summed E-state index contributed by atoms with van der Waals surface area (Å²) in [6.45, 7) is 0. The third-order valence-corrected chi connectivity index (χ3v) is 8.73. The lowest BCUT2D eigenvalue weighted by molar-refractivity contribution is 0.974. The molecule has 0 aliphatic carbocycles. The Kier molecular flexibility index (Phi) is 5.82. The van der Waals surface area contributed by atoms with E-state index in [2.05, 4.69) is 164 Å². The lowest BCUT2D eigenvalue weighted by Gasteiger charge is -2.12. The smallest absolute Gasteiger partial charge is 0.0933 e. The second-order valence-electron chi connectivity index (χ2n) is 11.6. The minimum absolute atomic E-state index is 0.931. The Morgan fingerprint density at radius 2 is 0.867 bits per heavy atom. The highest BCUT2D eigenvalue weighted by Gasteiger charge is 2.13. The van der Waals surface area contributed by atoms with Gasteiger partial charge in [-0.25, -0.2) is 9.50 Å². The maximum absolute atomic E-state index is 5.26. The Bertz CT molecular complexity index is 2410. The second-order valence-corrected chi connectivity index (χ2v) is 11.6. The van der Waals surface area contributed by atoms with E-state index in [9.17, 15) is 0 Å². The van der Waals surface area contributed by atoms with E-state index in [4.69, 9.17) is 10.1 Å². The van der Waals surface area contributed by atoms with Gasteiger partial charge in [0.2, 0.25) is 0 Å². The molecule has 0 fully saturated rings. The summed E-state index contributed by atoms with van der Waals surface area (Å²) in [6, 6.07) is 56.0. The number of fused-ring (bicyclic) bond motifs is 4. The fourth-order valence-corrected chi connectivity index (χ4v) is 6.36. The third-order valence-electron chi connectivity index (χ3n) is 8.73. The predicted molar refractivity (Wildman–Crippen MR) is 187 cm³/mol. The van der Waals surface area contributed by atoms with Gasteiger partial charge in [-0.1, -0.05) is 115 Å². The molecule has 0 aliphatic rings. The number of nitrogens with zero attached hydrogens (tertiary/aromatic N) is 3. The monoisotopic (exact) mass is 573 g/mol. The molecule has 0 atom stereocenters. The molecule has 3 nitrogen and oxygen atoms in total. The van der Waals surface area contributed by atoms with Crippen LogP contribution in [-0.4, -0.2) is 14.6 Å². The van der Waals surface area contributed by atoms with Gasteiger partial charge < -0.3 is 0 Å². The van der Waals surface area contributed by atoms with Crippen molar-refractivity contribution < 1.29 is 0 Å². The molecule has 0 saturated heterocycles. The first-order chi connectivity index (χ1) is 22.2. The number of hydrogen-bond acceptors (Lipinski definition) is 2. The molecule has 45 heavy (non-hydrogen) atoms. The topological polar surface area (TPSA) is 30.2 Å². The quantitative estimate of drug-likeness (QED) is 0.210. The molecule has 0 aliphatic heterocycles. The van der Waals surface area contributed by atoms with Gasteiger partial charge in [-0.05, 0) is 80.5 Å². The molecule has 0 amide bonds. The average Bonchev–Trinajstić information content (AvgIpc) is 3.53. The van der Waals surface area contributed by atoms with Gasteiger partial charge in [-0.15, -0.1) is 0 Å². The van der Waals surface area contributed by atoms with Crippen molar-refractivity contribution in [2.75, 3.05) is 0 Å². The Morgan fingerprint density at radius 1 is 0.333 bits per heavy atom. The Morgan fingerprint density at radius 3 is 1.56 bits per heavy atom. The molecule has 6 aromatic carbocycles. The summed E-state index contributed by atoms with van der Waals surface area (Å²) in [4.78, 5) is 5.26. The lowest BCUT2D eigenvalue weighted by Crippen LogP contribution is -1.92. The van der Waals surface area contributed by atoms with Gasteiger partial charge in [0.1, 0.15) is 0 Å². The van der Waals surface area contributed by atoms with E-state index >= 15 is 0 Å². The zero-order chi connectivity index (χ0) is 29.7. The summed E-state index contributed by atoms with van der Waals surface area (Å²) >= 11 is 0. The minimum Gasteiger partial charge on any atom is -0.248 e. The molecule has 0 bridgehead atoms. The zero-order valence-electron chi connectivity index (χ0n) is 24.4. The van der Waals surface area contributed by atoms with Crippen molar-refractivity contribution in [1.82, 2.24) is 14.6 Å². The van der Waals surface area contributed by atoms with Gasteiger partial charge in [-0.3, -0.25) is 0 Å². The Balaban J connectivity index is 1.19. The van der Waals surface area contributed by atoms with E-state index in [-0.39, 0.29) is 0 Å². The maximum atomic E-state index is 5.26. The highest BCUT2D eigenvalue weighted by molar-refractivity contribution is 5.91. The first-order valence-corrected chi connectivity index (χ1v) is 15.2. The van der Waals surface area contributed by atoms with Gasteiger partial charge >= 0.3 is 0 Å². The summed E-state index contributed by atoms with van der Waals surface area (Å²) in [7, 11) is 0. The number of aromatic nitrogens is 3. The van der Waals surface area contributed by atoms with E-state index in [0.717, 1.165) is 44.9 Å². The molecule has 9 aromatic rings. The Hall–Kier alpha value is -6.06. The molecular formula is C42H27N3. The van der Waals surface area contributed by atoms with E-state index < -0.39 is 0 Å². The fourth-order valence-electron chi connectivity index (χ4n) is 6.36. The van der Waals surface area contributed by atoms with Gasteiger partial charge in [0.25, 0.3) is 0 Å². The first kappa shape index (κ1) is 25.4. The number of rotatable bonds is 4. The molecule has 0 N–H and O–H groups in total. The van der Waals surface area contributed by atoms with Gasteiger partial charge in [0.15, 0.2) is 0 Å². The van der Waals surface area contributed by atoms with Crippen LogP contribution in [0.1, 0.15) is 0 Å². The van der Waals surface area contributed by atoms with Crippen LogP contribution >= 0.6 is 0 Å². The van der Waals surface area contributed by atoms with Gasteiger partial charge in [0.05, 0.1) is 22.6 Å². The number of benzene rings is 6. The van der Waals surface area contributed by atoms with Crippen molar-refractivity contribution in [3.8, 4) is 44.9 Å². The van der Waals surface area contributed by atoms with Crippen LogP contribution in [0, 0.1) is 0 Å². The summed E-state index contributed by atoms with van der Waals surface area (Å²) in [6.07, 6.45) is 2.10.